The summed E-state index contributed by atoms with van der Waals surface area (Å²) in [6.07, 6.45) is 0. The third-order valence-corrected chi connectivity index (χ3v) is 3.47. The molecule has 0 saturated heterocycles. The van der Waals surface area contributed by atoms with Crippen LogP contribution in [-0.4, -0.2) is 29.5 Å². The van der Waals surface area contributed by atoms with Crippen LogP contribution in [0.2, 0.25) is 0 Å². The van der Waals surface area contributed by atoms with Gasteiger partial charge in [0.15, 0.2) is 12.4 Å². The van der Waals surface area contributed by atoms with Crippen LogP contribution in [-0.2, 0) is 4.79 Å². The van der Waals surface area contributed by atoms with Gasteiger partial charge in [0.25, 0.3) is 5.91 Å². The van der Waals surface area contributed by atoms with Crippen LogP contribution >= 0.6 is 0 Å². The van der Waals surface area contributed by atoms with Gasteiger partial charge in [-0.25, -0.2) is 4.39 Å². The quantitative estimate of drug-likeness (QED) is 0.577. The van der Waals surface area contributed by atoms with Gasteiger partial charge in [-0.3, -0.25) is 25.0 Å². The van der Waals surface area contributed by atoms with Crippen LogP contribution in [0.4, 0.5) is 21.5 Å². The van der Waals surface area contributed by atoms with Gasteiger partial charge in [-0.15, -0.1) is 0 Å². The first kappa shape index (κ1) is 19.6. The van der Waals surface area contributed by atoms with E-state index in [1.807, 2.05) is 0 Å². The molecule has 0 atom stereocenters. The van der Waals surface area contributed by atoms with Crippen LogP contribution < -0.4 is 14.8 Å². The summed E-state index contributed by atoms with van der Waals surface area (Å²) in [6.45, 7) is 0.906. The van der Waals surface area contributed by atoms with Gasteiger partial charge >= 0.3 is 11.4 Å². The van der Waals surface area contributed by atoms with Gasteiger partial charge in [0.1, 0.15) is 5.82 Å². The number of rotatable bonds is 7. The molecule has 2 rings (SSSR count). The molecular formula is C16H14FN3O7. The zero-order chi connectivity index (χ0) is 20.1. The summed E-state index contributed by atoms with van der Waals surface area (Å²) in [7, 11) is 1.25. The Morgan fingerprint density at radius 2 is 1.78 bits per heavy atom. The summed E-state index contributed by atoms with van der Waals surface area (Å²) in [6, 6.07) is 5.12. The van der Waals surface area contributed by atoms with Crippen LogP contribution in [0.1, 0.15) is 5.56 Å². The molecule has 142 valence electrons. The lowest BCUT2D eigenvalue weighted by atomic mass is 10.1. The number of methoxy groups -OCH3 is 1. The highest BCUT2D eigenvalue weighted by Gasteiger charge is 2.20. The Kier molecular flexibility index (Phi) is 5.85. The maximum atomic E-state index is 13.2. The van der Waals surface area contributed by atoms with E-state index in [0.717, 1.165) is 18.2 Å². The van der Waals surface area contributed by atoms with Crippen LogP contribution in [0.3, 0.4) is 0 Å². The first-order valence-corrected chi connectivity index (χ1v) is 7.42. The number of halogens is 1. The molecule has 2 aromatic carbocycles. The predicted octanol–water partition coefficient (Wildman–Crippen LogP) is 2.98. The second kappa shape index (κ2) is 8.08. The Bertz CT molecular complexity index is 917. The van der Waals surface area contributed by atoms with Crippen LogP contribution in [0.25, 0.3) is 0 Å². The molecule has 0 spiro atoms. The first-order chi connectivity index (χ1) is 12.7. The number of ether oxygens (including phenoxy) is 2. The van der Waals surface area contributed by atoms with Crippen LogP contribution in [0, 0.1) is 33.0 Å². The monoisotopic (exact) mass is 379 g/mol. The summed E-state index contributed by atoms with van der Waals surface area (Å²) in [5.74, 6) is -1.91. The Balaban J connectivity index is 2.14. The molecule has 0 aliphatic rings. The molecule has 0 unspecified atom stereocenters. The highest BCUT2D eigenvalue weighted by molar-refractivity contribution is 5.93. The number of hydrogen-bond acceptors (Lipinski definition) is 7. The van der Waals surface area contributed by atoms with Gasteiger partial charge in [0, 0.05) is 30.0 Å². The van der Waals surface area contributed by atoms with Crippen molar-refractivity contribution in [1.82, 2.24) is 0 Å². The number of nitrogens with one attached hydrogen (secondary N) is 1. The van der Waals surface area contributed by atoms with Crippen LogP contribution in [0.5, 0.6) is 11.5 Å². The fourth-order valence-electron chi connectivity index (χ4n) is 2.20. The highest BCUT2D eigenvalue weighted by atomic mass is 19.1. The minimum atomic E-state index is -0.766. The summed E-state index contributed by atoms with van der Waals surface area (Å²) >= 11 is 0. The molecule has 2 aromatic rings. The molecule has 1 amide bonds. The summed E-state index contributed by atoms with van der Waals surface area (Å²) in [4.78, 5) is 32.5. The summed E-state index contributed by atoms with van der Waals surface area (Å²) in [5, 5.41) is 24.3. The predicted molar refractivity (Wildman–Crippen MR) is 91.6 cm³/mol. The number of carbonyl (C=O) groups excluding carboxylic acids is 1. The number of benzene rings is 2. The third kappa shape index (κ3) is 4.66. The normalized spacial score (nSPS) is 10.2. The van der Waals surface area contributed by atoms with Gasteiger partial charge in [0.2, 0.25) is 5.75 Å². The number of anilines is 1. The van der Waals surface area contributed by atoms with Gasteiger partial charge in [-0.05, 0) is 18.6 Å². The maximum absolute atomic E-state index is 13.2. The molecular weight excluding hydrogens is 365 g/mol. The van der Waals surface area contributed by atoms with Crippen molar-refractivity contribution in [2.75, 3.05) is 19.0 Å². The maximum Gasteiger partial charge on any atom is 0.311 e. The molecule has 0 saturated carbocycles. The molecule has 0 bridgehead atoms. The molecule has 0 aliphatic heterocycles. The van der Waals surface area contributed by atoms with E-state index in [4.69, 9.17) is 9.47 Å². The average Bonchev–Trinajstić information content (AvgIpc) is 2.60. The number of nitro benzene ring substituents is 2. The van der Waals surface area contributed by atoms with E-state index in [1.165, 1.54) is 19.2 Å². The molecule has 0 heterocycles. The van der Waals surface area contributed by atoms with Crippen molar-refractivity contribution < 1.29 is 28.5 Å². The third-order valence-electron chi connectivity index (χ3n) is 3.47. The molecule has 1 N–H and O–H groups in total. The topological polar surface area (TPSA) is 134 Å². The lowest BCUT2D eigenvalue weighted by molar-refractivity contribution is -0.386. The Morgan fingerprint density at radius 1 is 1.11 bits per heavy atom. The molecule has 10 nitrogen and oxygen atoms in total. The fraction of sp³-hybridized carbons (Fsp3) is 0.188. The van der Waals surface area contributed by atoms with Crippen molar-refractivity contribution >= 4 is 23.0 Å². The van der Waals surface area contributed by atoms with Crippen molar-refractivity contribution in [3.05, 3.63) is 61.9 Å². The SMILES string of the molecule is COc1cc(NC(=O)COc2cc(F)ccc2[N+](=O)[O-])c(C)cc1[N+](=O)[O-]. The smallest absolute Gasteiger partial charge is 0.311 e. The molecule has 0 aliphatic carbocycles. The average molecular weight is 379 g/mol. The molecule has 0 aromatic heterocycles. The van der Waals surface area contributed by atoms with E-state index in [-0.39, 0.29) is 17.1 Å². The molecule has 27 heavy (non-hydrogen) atoms. The van der Waals surface area contributed by atoms with Crippen molar-refractivity contribution in [3.63, 3.8) is 0 Å². The van der Waals surface area contributed by atoms with Crippen molar-refractivity contribution in [2.24, 2.45) is 0 Å². The number of nitrogens with zero attached hydrogens (tertiary/aromatic N) is 2. The van der Waals surface area contributed by atoms with E-state index in [0.29, 0.717) is 5.56 Å². The fourth-order valence-corrected chi connectivity index (χ4v) is 2.20. The van der Waals surface area contributed by atoms with E-state index < -0.39 is 39.6 Å². The zero-order valence-electron chi connectivity index (χ0n) is 14.2. The van der Waals surface area contributed by atoms with E-state index in [2.05, 4.69) is 5.32 Å². The van der Waals surface area contributed by atoms with Gasteiger partial charge in [-0.1, -0.05) is 0 Å². The minimum Gasteiger partial charge on any atom is -0.490 e. The second-order valence-electron chi connectivity index (χ2n) is 5.30. The Morgan fingerprint density at radius 3 is 2.37 bits per heavy atom. The molecule has 11 heteroatoms. The lowest BCUT2D eigenvalue weighted by Crippen LogP contribution is -2.21. The van der Waals surface area contributed by atoms with Gasteiger partial charge in [-0.2, -0.15) is 0 Å². The van der Waals surface area contributed by atoms with Gasteiger partial charge in [0.05, 0.1) is 17.0 Å². The number of amides is 1. The van der Waals surface area contributed by atoms with Crippen molar-refractivity contribution in [3.8, 4) is 11.5 Å². The number of nitro groups is 2. The summed E-state index contributed by atoms with van der Waals surface area (Å²) in [5.41, 5.74) is -0.121. The van der Waals surface area contributed by atoms with Crippen molar-refractivity contribution in [1.29, 1.82) is 0 Å². The first-order valence-electron chi connectivity index (χ1n) is 7.42. The van der Waals surface area contributed by atoms with E-state index in [1.54, 1.807) is 6.92 Å². The Labute approximate surface area is 151 Å². The summed E-state index contributed by atoms with van der Waals surface area (Å²) < 4.78 is 23.2. The minimum absolute atomic E-state index is 0.0532. The number of hydrogen-bond donors (Lipinski definition) is 1. The second-order valence-corrected chi connectivity index (χ2v) is 5.30. The lowest BCUT2D eigenvalue weighted by Gasteiger charge is -2.11. The zero-order valence-corrected chi connectivity index (χ0v) is 14.2. The largest absolute Gasteiger partial charge is 0.490 e. The Hall–Kier alpha value is -3.76. The standard InChI is InChI=1S/C16H14FN3O7/c1-9-5-13(20(24)25)14(26-2)7-11(9)18-16(21)8-27-15-6-10(17)3-4-12(15)19(22)23/h3-7H,8H2,1-2H3,(H,18,21). The van der Waals surface area contributed by atoms with E-state index in [9.17, 15) is 29.4 Å². The van der Waals surface area contributed by atoms with Crippen molar-refractivity contribution in [2.45, 2.75) is 6.92 Å². The molecule has 0 radical (unpaired) electrons. The van der Waals surface area contributed by atoms with E-state index >= 15 is 0 Å². The molecule has 0 fully saturated rings. The van der Waals surface area contributed by atoms with Gasteiger partial charge < -0.3 is 14.8 Å². The number of aryl methyl sites for hydroxylation is 1. The highest BCUT2D eigenvalue weighted by Crippen LogP contribution is 2.33. The number of carbonyl (C=O) groups is 1. The van der Waals surface area contributed by atoms with Crippen LogP contribution in [0.15, 0.2) is 30.3 Å².